The molecular formula is C29H26FIN4O4. The van der Waals surface area contributed by atoms with Gasteiger partial charge in [0.2, 0.25) is 0 Å². The van der Waals surface area contributed by atoms with E-state index in [1.165, 1.54) is 17.2 Å². The molecule has 0 spiro atoms. The number of rotatable bonds is 9. The number of halogens is 2. The number of ether oxygens (including phenoxy) is 1. The molecule has 1 aliphatic rings. The van der Waals surface area contributed by atoms with E-state index in [0.717, 1.165) is 9.13 Å². The highest BCUT2D eigenvalue weighted by Crippen LogP contribution is 2.39. The molecule has 2 heterocycles. The molecule has 4 aromatic rings. The highest BCUT2D eigenvalue weighted by molar-refractivity contribution is 14.1. The smallest absolute Gasteiger partial charge is 0.325 e. The Labute approximate surface area is 238 Å². The number of nitrogens with zero attached hydrogens (tertiary/aromatic N) is 2. The van der Waals surface area contributed by atoms with Crippen LogP contribution in [0.1, 0.15) is 41.9 Å². The minimum atomic E-state index is -0.891. The van der Waals surface area contributed by atoms with Crippen molar-refractivity contribution in [1.82, 2.24) is 20.2 Å². The van der Waals surface area contributed by atoms with Gasteiger partial charge in [0, 0.05) is 15.1 Å². The molecule has 0 saturated carbocycles. The molecule has 1 aromatic heterocycles. The Morgan fingerprint density at radius 2 is 1.85 bits per heavy atom. The predicted molar refractivity (Wildman–Crippen MR) is 151 cm³/mol. The number of hydrogen-bond acceptors (Lipinski definition) is 5. The molecule has 3 amide bonds. The van der Waals surface area contributed by atoms with Crippen LogP contribution in [0.15, 0.2) is 79.0 Å². The third-order valence-electron chi connectivity index (χ3n) is 6.72. The first kappa shape index (κ1) is 26.8. The summed E-state index contributed by atoms with van der Waals surface area (Å²) in [4.78, 5) is 36.0. The van der Waals surface area contributed by atoms with E-state index in [1.807, 2.05) is 59.8 Å². The summed E-state index contributed by atoms with van der Waals surface area (Å²) in [5.41, 5.74) is 2.31. The van der Waals surface area contributed by atoms with Crippen LogP contribution in [-0.2, 0) is 4.79 Å². The largest absolute Gasteiger partial charge is 0.491 e. The van der Waals surface area contributed by atoms with Crippen LogP contribution in [0.5, 0.6) is 5.75 Å². The van der Waals surface area contributed by atoms with Crippen LogP contribution >= 0.6 is 22.6 Å². The lowest BCUT2D eigenvalue weighted by molar-refractivity contribution is -0.129. The number of aliphatic hydroxyl groups excluding tert-OH is 1. The summed E-state index contributed by atoms with van der Waals surface area (Å²) in [5.74, 6) is -0.227. The molecule has 0 radical (unpaired) electrons. The number of imidazole rings is 1. The van der Waals surface area contributed by atoms with Gasteiger partial charge in [0.05, 0.1) is 18.5 Å². The molecule has 0 unspecified atom stereocenters. The normalized spacial score (nSPS) is 16.7. The van der Waals surface area contributed by atoms with Crippen LogP contribution < -0.4 is 10.1 Å². The number of aromatic amines is 1. The van der Waals surface area contributed by atoms with Crippen LogP contribution in [-0.4, -0.2) is 45.1 Å². The van der Waals surface area contributed by atoms with Crippen molar-refractivity contribution < 1.29 is 23.8 Å². The first-order valence-corrected chi connectivity index (χ1v) is 13.5. The molecule has 10 heteroatoms. The monoisotopic (exact) mass is 640 g/mol. The SMILES string of the molecule is C[C@@H](c1ccccc1)[C@@H](c1ncc(-c2ccc(I)cc2F)[nH]1)N1C(=O)N[C@H](c2ccc(OCCO)cc2)C1=O. The number of nitrogens with one attached hydrogen (secondary N) is 2. The number of aliphatic hydroxyl groups is 1. The molecule has 0 bridgehead atoms. The second kappa shape index (κ2) is 11.5. The van der Waals surface area contributed by atoms with Crippen LogP contribution in [0.25, 0.3) is 11.3 Å². The molecule has 200 valence electrons. The molecule has 1 fully saturated rings. The van der Waals surface area contributed by atoms with Crippen molar-refractivity contribution in [3.63, 3.8) is 0 Å². The lowest BCUT2D eigenvalue weighted by Gasteiger charge is -2.29. The van der Waals surface area contributed by atoms with E-state index in [-0.39, 0.29) is 19.1 Å². The summed E-state index contributed by atoms with van der Waals surface area (Å²) in [7, 11) is 0. The maximum Gasteiger partial charge on any atom is 0.325 e. The highest BCUT2D eigenvalue weighted by Gasteiger charge is 2.46. The van der Waals surface area contributed by atoms with Gasteiger partial charge >= 0.3 is 6.03 Å². The van der Waals surface area contributed by atoms with Crippen molar-refractivity contribution in [2.24, 2.45) is 0 Å². The molecule has 1 saturated heterocycles. The Morgan fingerprint density at radius 3 is 2.54 bits per heavy atom. The van der Waals surface area contributed by atoms with Crippen LogP contribution in [0.2, 0.25) is 0 Å². The lowest BCUT2D eigenvalue weighted by atomic mass is 9.91. The zero-order valence-electron chi connectivity index (χ0n) is 21.0. The van der Waals surface area contributed by atoms with Crippen LogP contribution in [0.4, 0.5) is 9.18 Å². The van der Waals surface area contributed by atoms with Gasteiger partial charge in [0.1, 0.15) is 36.1 Å². The quantitative estimate of drug-likeness (QED) is 0.170. The molecule has 1 aliphatic heterocycles. The number of hydrogen-bond donors (Lipinski definition) is 3. The van der Waals surface area contributed by atoms with E-state index in [1.54, 1.807) is 36.4 Å². The molecule has 3 aromatic carbocycles. The third-order valence-corrected chi connectivity index (χ3v) is 7.39. The van der Waals surface area contributed by atoms with Gasteiger partial charge in [-0.2, -0.15) is 0 Å². The number of carbonyl (C=O) groups is 2. The van der Waals surface area contributed by atoms with Gasteiger partial charge in [-0.1, -0.05) is 49.4 Å². The van der Waals surface area contributed by atoms with E-state index in [0.29, 0.717) is 28.4 Å². The third kappa shape index (κ3) is 5.52. The Hall–Kier alpha value is -3.77. The number of imide groups is 1. The number of aromatic nitrogens is 2. The second-order valence-electron chi connectivity index (χ2n) is 9.18. The van der Waals surface area contributed by atoms with Crippen molar-refractivity contribution >= 4 is 34.5 Å². The fraction of sp³-hybridized carbons (Fsp3) is 0.207. The average Bonchev–Trinajstić information content (AvgIpc) is 3.53. The number of amides is 3. The van der Waals surface area contributed by atoms with E-state index in [9.17, 15) is 14.0 Å². The number of urea groups is 1. The zero-order chi connectivity index (χ0) is 27.5. The van der Waals surface area contributed by atoms with Crippen molar-refractivity contribution in [2.75, 3.05) is 13.2 Å². The van der Waals surface area contributed by atoms with Crippen molar-refractivity contribution in [2.45, 2.75) is 24.9 Å². The van der Waals surface area contributed by atoms with Crippen molar-refractivity contribution in [3.8, 4) is 17.0 Å². The Balaban J connectivity index is 1.50. The van der Waals surface area contributed by atoms with E-state index >= 15 is 0 Å². The van der Waals surface area contributed by atoms with Gasteiger partial charge < -0.3 is 20.1 Å². The molecular weight excluding hydrogens is 614 g/mol. The summed E-state index contributed by atoms with van der Waals surface area (Å²) in [5, 5.41) is 11.8. The van der Waals surface area contributed by atoms with Crippen molar-refractivity contribution in [1.29, 1.82) is 0 Å². The number of benzene rings is 3. The lowest BCUT2D eigenvalue weighted by Crippen LogP contribution is -2.38. The Kier molecular flexibility index (Phi) is 7.94. The summed E-state index contributed by atoms with van der Waals surface area (Å²) >= 11 is 2.05. The van der Waals surface area contributed by atoms with Crippen LogP contribution in [0.3, 0.4) is 0 Å². The van der Waals surface area contributed by atoms with E-state index in [2.05, 4.69) is 15.3 Å². The minimum Gasteiger partial charge on any atom is -0.491 e. The maximum absolute atomic E-state index is 14.7. The average molecular weight is 640 g/mol. The second-order valence-corrected chi connectivity index (χ2v) is 10.4. The number of carbonyl (C=O) groups excluding carboxylic acids is 2. The topological polar surface area (TPSA) is 108 Å². The fourth-order valence-corrected chi connectivity index (χ4v) is 5.21. The fourth-order valence-electron chi connectivity index (χ4n) is 4.76. The Morgan fingerprint density at radius 1 is 1.10 bits per heavy atom. The first-order valence-electron chi connectivity index (χ1n) is 12.4. The molecule has 0 aliphatic carbocycles. The predicted octanol–water partition coefficient (Wildman–Crippen LogP) is 5.33. The standard InChI is InChI=1S/C29H26FIN4O4/c1-17(18-5-3-2-4-6-18)26(27-32-16-24(33-27)22-12-9-20(31)15-23(22)30)35-28(37)25(34-29(35)38)19-7-10-21(11-8-19)39-14-13-36/h2-12,15-17,25-26,36H,13-14H2,1H3,(H,32,33)(H,34,38)/t17-,25+,26-/m0/s1. The molecule has 8 nitrogen and oxygen atoms in total. The zero-order valence-corrected chi connectivity index (χ0v) is 23.1. The summed E-state index contributed by atoms with van der Waals surface area (Å²) in [6.07, 6.45) is 1.52. The first-order chi connectivity index (χ1) is 18.9. The van der Waals surface area contributed by atoms with Crippen LogP contribution in [0, 0.1) is 9.39 Å². The van der Waals surface area contributed by atoms with E-state index in [4.69, 9.17) is 9.84 Å². The minimum absolute atomic E-state index is 0.112. The maximum atomic E-state index is 14.7. The van der Waals surface area contributed by atoms with Gasteiger partial charge in [-0.05, 0) is 64.0 Å². The van der Waals surface area contributed by atoms with Crippen molar-refractivity contribution in [3.05, 3.63) is 105 Å². The molecule has 39 heavy (non-hydrogen) atoms. The highest BCUT2D eigenvalue weighted by atomic mass is 127. The van der Waals surface area contributed by atoms with E-state index < -0.39 is 29.8 Å². The van der Waals surface area contributed by atoms with Gasteiger partial charge in [0.25, 0.3) is 5.91 Å². The number of H-pyrrole nitrogens is 1. The molecule has 3 N–H and O–H groups in total. The summed E-state index contributed by atoms with van der Waals surface area (Å²) in [6.45, 7) is 1.97. The van der Waals surface area contributed by atoms with Gasteiger partial charge in [-0.25, -0.2) is 14.2 Å². The summed E-state index contributed by atoms with van der Waals surface area (Å²) in [6, 6.07) is 19.0. The summed E-state index contributed by atoms with van der Waals surface area (Å²) < 4.78 is 20.9. The van der Waals surface area contributed by atoms with Gasteiger partial charge in [-0.15, -0.1) is 0 Å². The van der Waals surface area contributed by atoms with Gasteiger partial charge in [-0.3, -0.25) is 9.69 Å². The molecule has 3 atom stereocenters. The Bertz CT molecular complexity index is 1480. The van der Waals surface area contributed by atoms with Gasteiger partial charge in [0.15, 0.2) is 0 Å². The molecule has 5 rings (SSSR count).